The van der Waals surface area contributed by atoms with Crippen molar-refractivity contribution in [2.45, 2.75) is 0 Å². The molecule has 0 aliphatic rings. The predicted octanol–water partition coefficient (Wildman–Crippen LogP) is 17.2. The lowest BCUT2D eigenvalue weighted by Crippen LogP contribution is -2.11. The van der Waals surface area contributed by atoms with Crippen molar-refractivity contribution in [3.63, 3.8) is 0 Å². The fourth-order valence-electron chi connectivity index (χ4n) is 9.39. The fraction of sp³-hybridized carbons (Fsp3) is 0. The van der Waals surface area contributed by atoms with E-state index in [0.717, 1.165) is 55.5 Å². The SMILES string of the molecule is c1ccc(-c2ccc(-c3ccc(N(c4ccc(-c5ccc6c(ccc7ccccc76)c5)cc4)c4ccccc4-c4cccc5oc6c7ccccc7ccc6c45)cc3)cc2)cc1. The van der Waals surface area contributed by atoms with Crippen molar-refractivity contribution in [2.24, 2.45) is 0 Å². The summed E-state index contributed by atoms with van der Waals surface area (Å²) < 4.78 is 6.67. The first kappa shape index (κ1) is 35.7. The molecule has 12 rings (SSSR count). The van der Waals surface area contributed by atoms with Crippen LogP contribution in [0.5, 0.6) is 0 Å². The maximum atomic E-state index is 6.67. The minimum atomic E-state index is 0.880. The van der Waals surface area contributed by atoms with Crippen molar-refractivity contribution in [2.75, 3.05) is 4.90 Å². The van der Waals surface area contributed by atoms with Crippen LogP contribution in [0.15, 0.2) is 241 Å². The van der Waals surface area contributed by atoms with Crippen LogP contribution in [0.4, 0.5) is 17.1 Å². The van der Waals surface area contributed by atoms with E-state index in [1.165, 1.54) is 60.3 Å². The number of hydrogen-bond acceptors (Lipinski definition) is 2. The molecular weight excluding hydrogens is 751 g/mol. The molecule has 1 heterocycles. The molecule has 0 amide bonds. The van der Waals surface area contributed by atoms with Gasteiger partial charge in [0.05, 0.1) is 5.69 Å². The largest absolute Gasteiger partial charge is 0.455 e. The van der Waals surface area contributed by atoms with Gasteiger partial charge in [-0.1, -0.05) is 188 Å². The Labute approximate surface area is 360 Å². The van der Waals surface area contributed by atoms with E-state index in [2.05, 4.69) is 241 Å². The Balaban J connectivity index is 0.980. The molecule has 0 saturated carbocycles. The lowest BCUT2D eigenvalue weighted by Gasteiger charge is -2.28. The third-order valence-electron chi connectivity index (χ3n) is 12.5. The molecule has 2 nitrogen and oxygen atoms in total. The number of anilines is 3. The van der Waals surface area contributed by atoms with Crippen LogP contribution in [-0.2, 0) is 0 Å². The second kappa shape index (κ2) is 14.8. The third kappa shape index (κ3) is 6.12. The minimum Gasteiger partial charge on any atom is -0.455 e. The summed E-state index contributed by atoms with van der Waals surface area (Å²) in [5.41, 5.74) is 14.4. The Morgan fingerprint density at radius 3 is 1.50 bits per heavy atom. The number of rotatable bonds is 7. The van der Waals surface area contributed by atoms with Gasteiger partial charge in [0.25, 0.3) is 0 Å². The second-order valence-electron chi connectivity index (χ2n) is 16.1. The minimum absolute atomic E-state index is 0.880. The maximum Gasteiger partial charge on any atom is 0.143 e. The van der Waals surface area contributed by atoms with E-state index in [4.69, 9.17) is 4.42 Å². The molecule has 11 aromatic carbocycles. The highest BCUT2D eigenvalue weighted by Crippen LogP contribution is 2.46. The number of benzene rings is 11. The van der Waals surface area contributed by atoms with E-state index in [1.807, 2.05) is 0 Å². The third-order valence-corrected chi connectivity index (χ3v) is 12.5. The van der Waals surface area contributed by atoms with Crippen LogP contribution in [0.3, 0.4) is 0 Å². The number of nitrogens with zero attached hydrogens (tertiary/aromatic N) is 1. The summed E-state index contributed by atoms with van der Waals surface area (Å²) in [6, 6.07) is 85.4. The normalized spacial score (nSPS) is 11.5. The zero-order chi connectivity index (χ0) is 41.0. The summed E-state index contributed by atoms with van der Waals surface area (Å²) in [5, 5.41) is 9.58. The van der Waals surface area contributed by atoms with Crippen molar-refractivity contribution < 1.29 is 4.42 Å². The second-order valence-corrected chi connectivity index (χ2v) is 16.1. The first-order chi connectivity index (χ1) is 30.7. The van der Waals surface area contributed by atoms with E-state index >= 15 is 0 Å². The number of fused-ring (bicyclic) bond motifs is 8. The lowest BCUT2D eigenvalue weighted by atomic mass is 9.95. The van der Waals surface area contributed by atoms with Crippen LogP contribution in [-0.4, -0.2) is 0 Å². The van der Waals surface area contributed by atoms with Gasteiger partial charge in [-0.2, -0.15) is 0 Å². The molecule has 0 unspecified atom stereocenters. The molecule has 1 aromatic heterocycles. The highest BCUT2D eigenvalue weighted by atomic mass is 16.3. The number of para-hydroxylation sites is 1. The maximum absolute atomic E-state index is 6.67. The lowest BCUT2D eigenvalue weighted by molar-refractivity contribution is 0.673. The van der Waals surface area contributed by atoms with Crippen LogP contribution in [0.1, 0.15) is 0 Å². The van der Waals surface area contributed by atoms with Gasteiger partial charge in [-0.3, -0.25) is 0 Å². The Morgan fingerprint density at radius 2 is 0.774 bits per heavy atom. The summed E-state index contributed by atoms with van der Waals surface area (Å²) in [5.74, 6) is 0. The molecule has 290 valence electrons. The molecule has 62 heavy (non-hydrogen) atoms. The van der Waals surface area contributed by atoms with E-state index < -0.39 is 0 Å². The topological polar surface area (TPSA) is 16.4 Å². The van der Waals surface area contributed by atoms with Gasteiger partial charge in [-0.05, 0) is 114 Å². The molecule has 0 radical (unpaired) electrons. The molecule has 0 aliphatic carbocycles. The molecule has 12 aromatic rings. The molecule has 0 fully saturated rings. The quantitative estimate of drug-likeness (QED) is 0.150. The summed E-state index contributed by atoms with van der Waals surface area (Å²) in [6.07, 6.45) is 0. The van der Waals surface area contributed by atoms with Gasteiger partial charge in [0.2, 0.25) is 0 Å². The fourth-order valence-corrected chi connectivity index (χ4v) is 9.39. The van der Waals surface area contributed by atoms with Gasteiger partial charge in [-0.15, -0.1) is 0 Å². The van der Waals surface area contributed by atoms with Gasteiger partial charge in [0.1, 0.15) is 11.2 Å². The van der Waals surface area contributed by atoms with Gasteiger partial charge < -0.3 is 9.32 Å². The summed E-state index contributed by atoms with van der Waals surface area (Å²) in [7, 11) is 0. The Morgan fingerprint density at radius 1 is 0.290 bits per heavy atom. The predicted molar refractivity (Wildman–Crippen MR) is 263 cm³/mol. The Kier molecular flexibility index (Phi) is 8.53. The van der Waals surface area contributed by atoms with Crippen molar-refractivity contribution in [1.82, 2.24) is 0 Å². The molecule has 0 N–H and O–H groups in total. The highest BCUT2D eigenvalue weighted by Gasteiger charge is 2.21. The van der Waals surface area contributed by atoms with Crippen molar-refractivity contribution in [1.29, 1.82) is 0 Å². The molecule has 0 aliphatic heterocycles. The standard InChI is InChI=1S/C60H39NO/c1-2-11-40(12-3-1)41-21-23-42(24-22-41)43-27-33-49(34-28-43)61(50-35-29-44(30-36-50)47-32-37-52-48(39-47)26-25-45-13-4-6-15-51(45)52)57-19-9-8-17-54(57)55-18-10-20-58-59(55)56-38-31-46-14-5-7-16-53(46)60(56)62-58/h1-39H. The molecule has 0 atom stereocenters. The molecule has 0 spiro atoms. The Bertz CT molecular complexity index is 3600. The van der Waals surface area contributed by atoms with Crippen LogP contribution < -0.4 is 4.90 Å². The molecule has 2 heteroatoms. The highest BCUT2D eigenvalue weighted by molar-refractivity contribution is 6.20. The smallest absolute Gasteiger partial charge is 0.143 e. The average Bonchev–Trinajstić information content (AvgIpc) is 3.75. The van der Waals surface area contributed by atoms with Crippen LogP contribution in [0, 0.1) is 0 Å². The van der Waals surface area contributed by atoms with Gasteiger partial charge in [0, 0.05) is 33.1 Å². The van der Waals surface area contributed by atoms with Crippen molar-refractivity contribution >= 4 is 71.3 Å². The van der Waals surface area contributed by atoms with E-state index in [-0.39, 0.29) is 0 Å². The van der Waals surface area contributed by atoms with Crippen LogP contribution in [0.2, 0.25) is 0 Å². The van der Waals surface area contributed by atoms with Crippen LogP contribution >= 0.6 is 0 Å². The average molecular weight is 790 g/mol. The zero-order valence-corrected chi connectivity index (χ0v) is 33.9. The van der Waals surface area contributed by atoms with Gasteiger partial charge in [0.15, 0.2) is 0 Å². The molecule has 0 saturated heterocycles. The van der Waals surface area contributed by atoms with E-state index in [9.17, 15) is 0 Å². The Hall–Kier alpha value is -8.20. The van der Waals surface area contributed by atoms with Crippen LogP contribution in [0.25, 0.3) is 98.8 Å². The summed E-state index contributed by atoms with van der Waals surface area (Å²) in [6.45, 7) is 0. The van der Waals surface area contributed by atoms with Gasteiger partial charge in [-0.25, -0.2) is 0 Å². The number of furan rings is 1. The monoisotopic (exact) mass is 789 g/mol. The molecule has 0 bridgehead atoms. The zero-order valence-electron chi connectivity index (χ0n) is 33.9. The van der Waals surface area contributed by atoms with E-state index in [1.54, 1.807) is 0 Å². The molecular formula is C60H39NO. The first-order valence-corrected chi connectivity index (χ1v) is 21.2. The summed E-state index contributed by atoms with van der Waals surface area (Å²) >= 11 is 0. The number of hydrogen-bond donors (Lipinski definition) is 0. The van der Waals surface area contributed by atoms with Crippen molar-refractivity contribution in [3.8, 4) is 44.5 Å². The van der Waals surface area contributed by atoms with E-state index in [0.29, 0.717) is 0 Å². The first-order valence-electron chi connectivity index (χ1n) is 21.2. The van der Waals surface area contributed by atoms with Crippen molar-refractivity contribution in [3.05, 3.63) is 237 Å². The van der Waals surface area contributed by atoms with Gasteiger partial charge >= 0.3 is 0 Å². The summed E-state index contributed by atoms with van der Waals surface area (Å²) in [4.78, 5) is 2.39.